The number of hydrogen-bond donors (Lipinski definition) is 2. The number of carbonyl (C=O) groups excluding carboxylic acids is 2. The molecule has 1 heterocycles. The molecular formula is C21H10F3NO9S. The molecule has 0 atom stereocenters. The van der Waals surface area contributed by atoms with Gasteiger partial charge in [0.25, 0.3) is 11.8 Å². The Morgan fingerprint density at radius 3 is 2.03 bits per heavy atom. The third kappa shape index (κ3) is 3.68. The highest BCUT2D eigenvalue weighted by molar-refractivity contribution is 7.87. The molecule has 0 aromatic heterocycles. The number of halogens is 3. The Hall–Kier alpha value is -4.30. The van der Waals surface area contributed by atoms with Gasteiger partial charge in [-0.2, -0.15) is 21.6 Å². The van der Waals surface area contributed by atoms with Crippen LogP contribution in [0.5, 0.6) is 0 Å². The Bertz CT molecular complexity index is 1570. The molecule has 0 fully saturated rings. The van der Waals surface area contributed by atoms with Gasteiger partial charge in [0.2, 0.25) is 0 Å². The number of carboxylic acid groups (broad SMARTS) is 2. The minimum atomic E-state index is -6.49. The number of hydrogen-bond acceptors (Lipinski definition) is 7. The summed E-state index contributed by atoms with van der Waals surface area (Å²) in [5.74, 6) is -7.43. The molecule has 0 saturated heterocycles. The molecule has 2 N–H and O–H groups in total. The maximum Gasteiger partial charge on any atom is 0.525 e. The van der Waals surface area contributed by atoms with E-state index in [1.165, 1.54) is 12.1 Å². The van der Waals surface area contributed by atoms with Crippen molar-refractivity contribution in [3.05, 3.63) is 70.8 Å². The normalized spacial score (nSPS) is 13.9. The SMILES string of the molecule is O=C(O)c1c(-c2cccc3ccccc23)cc2c(c1C(=O)O)C(=O)N(OS(=O)(=O)C(F)(F)F)C2=O. The second-order valence-corrected chi connectivity index (χ2v) is 8.63. The second kappa shape index (κ2) is 7.89. The van der Waals surface area contributed by atoms with Gasteiger partial charge in [0.15, 0.2) is 0 Å². The largest absolute Gasteiger partial charge is 0.525 e. The highest BCUT2D eigenvalue weighted by Gasteiger charge is 2.53. The lowest BCUT2D eigenvalue weighted by Gasteiger charge is -2.14. The van der Waals surface area contributed by atoms with Crippen LogP contribution in [0.15, 0.2) is 48.5 Å². The highest BCUT2D eigenvalue weighted by atomic mass is 32.2. The molecule has 2 amide bonds. The quantitative estimate of drug-likeness (QED) is 0.389. The fourth-order valence-corrected chi connectivity index (χ4v) is 4.11. The number of imide groups is 1. The third-order valence-electron chi connectivity index (χ3n) is 5.10. The van der Waals surface area contributed by atoms with Crippen LogP contribution in [0.4, 0.5) is 13.2 Å². The van der Waals surface area contributed by atoms with Crippen LogP contribution in [0.2, 0.25) is 0 Å². The lowest BCUT2D eigenvalue weighted by molar-refractivity contribution is -0.0749. The van der Waals surface area contributed by atoms with Gasteiger partial charge in [0.05, 0.1) is 22.3 Å². The van der Waals surface area contributed by atoms with Crippen molar-refractivity contribution in [2.75, 3.05) is 0 Å². The Morgan fingerprint density at radius 2 is 1.43 bits per heavy atom. The molecule has 0 unspecified atom stereocenters. The molecule has 0 bridgehead atoms. The van der Waals surface area contributed by atoms with Crippen LogP contribution in [0.3, 0.4) is 0 Å². The van der Waals surface area contributed by atoms with E-state index in [9.17, 15) is 51.0 Å². The smallest absolute Gasteiger partial charge is 0.478 e. The van der Waals surface area contributed by atoms with E-state index in [0.29, 0.717) is 10.8 Å². The number of rotatable bonds is 5. The lowest BCUT2D eigenvalue weighted by atomic mass is 9.87. The molecule has 1 aliphatic heterocycles. The van der Waals surface area contributed by atoms with Crippen LogP contribution in [-0.2, 0) is 14.4 Å². The molecule has 35 heavy (non-hydrogen) atoms. The minimum Gasteiger partial charge on any atom is -0.478 e. The number of aromatic carboxylic acids is 2. The van der Waals surface area contributed by atoms with Crippen LogP contribution in [0.25, 0.3) is 21.9 Å². The fraction of sp³-hybridized carbons (Fsp3) is 0.0476. The minimum absolute atomic E-state index is 0.133. The summed E-state index contributed by atoms with van der Waals surface area (Å²) >= 11 is 0. The van der Waals surface area contributed by atoms with Gasteiger partial charge in [-0.25, -0.2) is 9.59 Å². The summed E-state index contributed by atoms with van der Waals surface area (Å²) in [6.07, 6.45) is 0. The Balaban J connectivity index is 2.04. The van der Waals surface area contributed by atoms with E-state index in [4.69, 9.17) is 0 Å². The molecule has 14 heteroatoms. The first-order chi connectivity index (χ1) is 16.3. The molecule has 0 spiro atoms. The number of carbonyl (C=O) groups is 4. The third-order valence-corrected chi connectivity index (χ3v) is 6.02. The summed E-state index contributed by atoms with van der Waals surface area (Å²) in [6.45, 7) is 0. The molecule has 3 aromatic rings. The van der Waals surface area contributed by atoms with E-state index in [2.05, 4.69) is 4.28 Å². The van der Waals surface area contributed by atoms with E-state index in [-0.39, 0.29) is 11.1 Å². The zero-order chi connectivity index (χ0) is 25.9. The summed E-state index contributed by atoms with van der Waals surface area (Å²) in [5, 5.41) is 19.8. The van der Waals surface area contributed by atoms with Gasteiger partial charge < -0.3 is 10.2 Å². The monoisotopic (exact) mass is 509 g/mol. The molecular weight excluding hydrogens is 499 g/mol. The number of alkyl halides is 3. The second-order valence-electron chi connectivity index (χ2n) is 7.11. The molecule has 0 aliphatic carbocycles. The molecule has 4 rings (SSSR count). The van der Waals surface area contributed by atoms with Crippen molar-refractivity contribution in [3.63, 3.8) is 0 Å². The van der Waals surface area contributed by atoms with Crippen molar-refractivity contribution in [2.45, 2.75) is 5.51 Å². The zero-order valence-electron chi connectivity index (χ0n) is 16.9. The predicted molar refractivity (Wildman–Crippen MR) is 110 cm³/mol. The summed E-state index contributed by atoms with van der Waals surface area (Å²) in [5.41, 5.74) is -10.3. The maximum absolute atomic E-state index is 12.7. The average molecular weight is 509 g/mol. The maximum atomic E-state index is 12.7. The number of nitrogens with zero attached hydrogens (tertiary/aromatic N) is 1. The van der Waals surface area contributed by atoms with E-state index >= 15 is 0 Å². The van der Waals surface area contributed by atoms with E-state index in [1.807, 2.05) is 0 Å². The van der Waals surface area contributed by atoms with Crippen LogP contribution in [-0.4, -0.2) is 53.0 Å². The lowest BCUT2D eigenvalue weighted by Crippen LogP contribution is -2.38. The van der Waals surface area contributed by atoms with Gasteiger partial charge >= 0.3 is 27.6 Å². The highest BCUT2D eigenvalue weighted by Crippen LogP contribution is 2.39. The van der Waals surface area contributed by atoms with Crippen LogP contribution < -0.4 is 0 Å². The number of carboxylic acids is 2. The van der Waals surface area contributed by atoms with Gasteiger partial charge in [-0.3, -0.25) is 9.59 Å². The standard InChI is InChI=1S/C21H10F3NO9S/c22-21(23,24)35(32,33)34-25-17(26)13-8-12(11-7-3-5-9-4-1-2-6-10(9)11)15(19(28)29)16(20(30)31)14(13)18(25)27/h1-8H,(H,28,29)(H,30,31). The molecule has 3 aromatic carbocycles. The first-order valence-electron chi connectivity index (χ1n) is 9.31. The Labute approximate surface area is 192 Å². The first-order valence-corrected chi connectivity index (χ1v) is 10.7. The van der Waals surface area contributed by atoms with Gasteiger partial charge in [-0.05, 0) is 28.0 Å². The number of benzene rings is 3. The topological polar surface area (TPSA) is 155 Å². The van der Waals surface area contributed by atoms with Crippen molar-refractivity contribution >= 4 is 44.6 Å². The van der Waals surface area contributed by atoms with Crippen molar-refractivity contribution in [1.29, 1.82) is 0 Å². The first kappa shape index (κ1) is 23.8. The van der Waals surface area contributed by atoms with Crippen molar-refractivity contribution in [3.8, 4) is 11.1 Å². The van der Waals surface area contributed by atoms with Gasteiger partial charge in [-0.15, -0.1) is 9.35 Å². The number of fused-ring (bicyclic) bond motifs is 2. The molecule has 10 nitrogen and oxygen atoms in total. The summed E-state index contributed by atoms with van der Waals surface area (Å²) in [6, 6.07) is 11.9. The predicted octanol–water partition coefficient (Wildman–Crippen LogP) is 3.28. The van der Waals surface area contributed by atoms with Crippen molar-refractivity contribution in [1.82, 2.24) is 5.06 Å². The average Bonchev–Trinajstić information content (AvgIpc) is 3.00. The van der Waals surface area contributed by atoms with Gasteiger partial charge in [0, 0.05) is 0 Å². The zero-order valence-corrected chi connectivity index (χ0v) is 17.7. The van der Waals surface area contributed by atoms with Gasteiger partial charge in [-0.1, -0.05) is 42.5 Å². The summed E-state index contributed by atoms with van der Waals surface area (Å²) < 4.78 is 64.7. The Morgan fingerprint density at radius 1 is 0.829 bits per heavy atom. The molecule has 1 aliphatic rings. The van der Waals surface area contributed by atoms with E-state index in [0.717, 1.165) is 6.07 Å². The molecule has 180 valence electrons. The molecule has 0 radical (unpaired) electrons. The summed E-state index contributed by atoms with van der Waals surface area (Å²) in [4.78, 5) is 49.6. The number of hydroxylamine groups is 2. The Kier molecular flexibility index (Phi) is 5.37. The van der Waals surface area contributed by atoms with E-state index in [1.54, 1.807) is 30.3 Å². The number of amides is 2. The van der Waals surface area contributed by atoms with E-state index < -0.39 is 66.7 Å². The van der Waals surface area contributed by atoms with Crippen LogP contribution >= 0.6 is 0 Å². The van der Waals surface area contributed by atoms with Crippen molar-refractivity contribution in [2.24, 2.45) is 0 Å². The molecule has 0 saturated carbocycles. The van der Waals surface area contributed by atoms with Crippen LogP contribution in [0, 0.1) is 0 Å². The van der Waals surface area contributed by atoms with Crippen LogP contribution in [0.1, 0.15) is 41.4 Å². The summed E-state index contributed by atoms with van der Waals surface area (Å²) in [7, 11) is -6.49. The fourth-order valence-electron chi connectivity index (χ4n) is 3.69. The van der Waals surface area contributed by atoms with Gasteiger partial charge in [0.1, 0.15) is 0 Å². The van der Waals surface area contributed by atoms with Crippen molar-refractivity contribution < 1.29 is 55.3 Å².